The Morgan fingerprint density at radius 1 is 1.38 bits per heavy atom. The van der Waals surface area contributed by atoms with Crippen molar-refractivity contribution >= 4 is 15.9 Å². The van der Waals surface area contributed by atoms with Gasteiger partial charge in [-0.1, -0.05) is 15.9 Å². The van der Waals surface area contributed by atoms with Crippen LogP contribution in [0, 0.1) is 0 Å². The lowest BCUT2D eigenvalue weighted by Gasteiger charge is -1.96. The molecule has 0 heterocycles. The smallest absolute Gasteiger partial charge is 0.0747 e. The van der Waals surface area contributed by atoms with Crippen molar-refractivity contribution < 1.29 is 10.2 Å². The third-order valence-corrected chi connectivity index (χ3v) is 1.77. The number of halogens is 1. The standard InChI is InChI=1S/C5H9BrO2/c1-4(2-7)5(6)3-8/h7-8H,2-3H2,1H3. The lowest BCUT2D eigenvalue weighted by molar-refractivity contribution is 0.318. The van der Waals surface area contributed by atoms with Crippen LogP contribution in [-0.4, -0.2) is 23.4 Å². The van der Waals surface area contributed by atoms with E-state index in [4.69, 9.17) is 10.2 Å². The summed E-state index contributed by atoms with van der Waals surface area (Å²) in [5, 5.41) is 16.9. The molecule has 0 aromatic heterocycles. The van der Waals surface area contributed by atoms with Gasteiger partial charge in [-0.3, -0.25) is 0 Å². The van der Waals surface area contributed by atoms with E-state index in [-0.39, 0.29) is 13.2 Å². The minimum Gasteiger partial charge on any atom is -0.392 e. The monoisotopic (exact) mass is 180 g/mol. The SMILES string of the molecule is CC(CO)=C(Br)CO. The van der Waals surface area contributed by atoms with Crippen LogP contribution in [0.5, 0.6) is 0 Å². The summed E-state index contributed by atoms with van der Waals surface area (Å²) in [6, 6.07) is 0. The third kappa shape index (κ3) is 2.45. The van der Waals surface area contributed by atoms with Gasteiger partial charge in [0.25, 0.3) is 0 Å². The molecule has 3 heteroatoms. The Hall–Kier alpha value is 0.140. The van der Waals surface area contributed by atoms with E-state index < -0.39 is 0 Å². The van der Waals surface area contributed by atoms with Crippen molar-refractivity contribution in [1.29, 1.82) is 0 Å². The predicted molar refractivity (Wildman–Crippen MR) is 35.8 cm³/mol. The summed E-state index contributed by atoms with van der Waals surface area (Å²) in [5.74, 6) is 0. The molecule has 0 aliphatic carbocycles. The van der Waals surface area contributed by atoms with Crippen LogP contribution in [0.3, 0.4) is 0 Å². The molecule has 2 nitrogen and oxygen atoms in total. The van der Waals surface area contributed by atoms with Crippen molar-refractivity contribution in [1.82, 2.24) is 0 Å². The van der Waals surface area contributed by atoms with Gasteiger partial charge >= 0.3 is 0 Å². The first kappa shape index (κ1) is 8.14. The van der Waals surface area contributed by atoms with Crippen molar-refractivity contribution in [3.63, 3.8) is 0 Å². The Kier molecular flexibility index (Phi) is 4.13. The highest BCUT2D eigenvalue weighted by Crippen LogP contribution is 2.08. The number of aliphatic hydroxyl groups excluding tert-OH is 2. The second kappa shape index (κ2) is 4.06. The zero-order valence-electron chi connectivity index (χ0n) is 4.69. The number of aliphatic hydroxyl groups is 2. The van der Waals surface area contributed by atoms with Crippen molar-refractivity contribution in [3.8, 4) is 0 Å². The van der Waals surface area contributed by atoms with Crippen LogP contribution in [0.4, 0.5) is 0 Å². The molecule has 0 aromatic carbocycles. The summed E-state index contributed by atoms with van der Waals surface area (Å²) in [6.07, 6.45) is 0. The largest absolute Gasteiger partial charge is 0.392 e. The van der Waals surface area contributed by atoms with E-state index in [1.54, 1.807) is 6.92 Å². The maximum Gasteiger partial charge on any atom is 0.0747 e. The molecule has 0 aliphatic heterocycles. The Labute approximate surface area is 57.0 Å². The van der Waals surface area contributed by atoms with Crippen LogP contribution in [0.25, 0.3) is 0 Å². The van der Waals surface area contributed by atoms with Crippen LogP contribution in [-0.2, 0) is 0 Å². The molecule has 0 unspecified atom stereocenters. The van der Waals surface area contributed by atoms with Gasteiger partial charge in [-0.25, -0.2) is 0 Å². The first-order valence-electron chi connectivity index (χ1n) is 2.28. The molecule has 48 valence electrons. The molecule has 0 fully saturated rings. The second-order valence-electron chi connectivity index (χ2n) is 1.50. The molecule has 0 saturated carbocycles. The van der Waals surface area contributed by atoms with E-state index in [0.717, 1.165) is 5.57 Å². The van der Waals surface area contributed by atoms with Gasteiger partial charge in [0.05, 0.1) is 13.2 Å². The molecular formula is C5H9BrO2. The fourth-order valence-electron chi connectivity index (χ4n) is 0.221. The highest BCUT2D eigenvalue weighted by molar-refractivity contribution is 9.11. The summed E-state index contributed by atoms with van der Waals surface area (Å²) < 4.78 is 0.667. The molecule has 0 amide bonds. The Bertz CT molecular complexity index is 86.6. The van der Waals surface area contributed by atoms with Crippen molar-refractivity contribution in [2.45, 2.75) is 6.92 Å². The average molecular weight is 181 g/mol. The van der Waals surface area contributed by atoms with Crippen LogP contribution in [0.15, 0.2) is 10.1 Å². The van der Waals surface area contributed by atoms with Gasteiger partial charge in [-0.05, 0) is 12.5 Å². The van der Waals surface area contributed by atoms with Gasteiger partial charge in [0.2, 0.25) is 0 Å². The average Bonchev–Trinajstić information content (AvgIpc) is 1.84. The van der Waals surface area contributed by atoms with E-state index in [9.17, 15) is 0 Å². The summed E-state index contributed by atoms with van der Waals surface area (Å²) >= 11 is 3.07. The van der Waals surface area contributed by atoms with E-state index >= 15 is 0 Å². The van der Waals surface area contributed by atoms with Crippen LogP contribution in [0.1, 0.15) is 6.92 Å². The van der Waals surface area contributed by atoms with Crippen molar-refractivity contribution in [2.24, 2.45) is 0 Å². The van der Waals surface area contributed by atoms with E-state index in [1.165, 1.54) is 0 Å². The molecule has 0 aliphatic rings. The van der Waals surface area contributed by atoms with Crippen LogP contribution < -0.4 is 0 Å². The molecule has 2 N–H and O–H groups in total. The third-order valence-electron chi connectivity index (χ3n) is 0.839. The predicted octanol–water partition coefficient (Wildman–Crippen LogP) is 0.640. The van der Waals surface area contributed by atoms with Crippen LogP contribution in [0.2, 0.25) is 0 Å². The van der Waals surface area contributed by atoms with Gasteiger partial charge in [0.1, 0.15) is 0 Å². The summed E-state index contributed by atoms with van der Waals surface area (Å²) in [6.45, 7) is 1.72. The molecule has 8 heavy (non-hydrogen) atoms. The number of hydrogen-bond donors (Lipinski definition) is 2. The Morgan fingerprint density at radius 3 is 2.00 bits per heavy atom. The molecule has 0 bridgehead atoms. The highest BCUT2D eigenvalue weighted by atomic mass is 79.9. The molecule has 0 rings (SSSR count). The summed E-state index contributed by atoms with van der Waals surface area (Å²) in [5.41, 5.74) is 0.771. The highest BCUT2D eigenvalue weighted by Gasteiger charge is 1.92. The van der Waals surface area contributed by atoms with Gasteiger partial charge < -0.3 is 10.2 Å². The zero-order valence-corrected chi connectivity index (χ0v) is 6.27. The van der Waals surface area contributed by atoms with E-state index in [1.807, 2.05) is 0 Å². The molecule has 0 spiro atoms. The lowest BCUT2D eigenvalue weighted by Crippen LogP contribution is -1.90. The van der Waals surface area contributed by atoms with Crippen LogP contribution >= 0.6 is 15.9 Å². The maximum atomic E-state index is 8.44. The maximum absolute atomic E-state index is 8.44. The van der Waals surface area contributed by atoms with Crippen molar-refractivity contribution in [3.05, 3.63) is 10.1 Å². The second-order valence-corrected chi connectivity index (χ2v) is 2.46. The van der Waals surface area contributed by atoms with E-state index in [0.29, 0.717) is 4.48 Å². The zero-order chi connectivity index (χ0) is 6.57. The number of rotatable bonds is 2. The summed E-state index contributed by atoms with van der Waals surface area (Å²) in [4.78, 5) is 0. The fourth-order valence-corrected chi connectivity index (χ4v) is 0.346. The Balaban J connectivity index is 3.83. The molecule has 0 radical (unpaired) electrons. The van der Waals surface area contributed by atoms with Gasteiger partial charge in [-0.15, -0.1) is 0 Å². The van der Waals surface area contributed by atoms with Gasteiger partial charge in [-0.2, -0.15) is 0 Å². The van der Waals surface area contributed by atoms with Crippen molar-refractivity contribution in [2.75, 3.05) is 13.2 Å². The topological polar surface area (TPSA) is 40.5 Å². The fraction of sp³-hybridized carbons (Fsp3) is 0.600. The molecule has 0 aromatic rings. The van der Waals surface area contributed by atoms with E-state index in [2.05, 4.69) is 15.9 Å². The molecule has 0 saturated heterocycles. The Morgan fingerprint density at radius 2 is 1.88 bits per heavy atom. The first-order valence-corrected chi connectivity index (χ1v) is 3.07. The molecular weight excluding hydrogens is 172 g/mol. The van der Waals surface area contributed by atoms with Gasteiger partial charge in [0, 0.05) is 4.48 Å². The van der Waals surface area contributed by atoms with Gasteiger partial charge in [0.15, 0.2) is 0 Å². The molecule has 0 atom stereocenters. The minimum absolute atomic E-state index is 0.00113. The minimum atomic E-state index is -0.0353. The normalized spacial score (nSPS) is 13.5. The summed E-state index contributed by atoms with van der Waals surface area (Å²) in [7, 11) is 0. The number of hydrogen-bond acceptors (Lipinski definition) is 2. The lowest BCUT2D eigenvalue weighted by atomic mass is 10.3. The first-order chi connectivity index (χ1) is 3.72. The quantitative estimate of drug-likeness (QED) is 0.656.